The fraction of sp³-hybridized carbons (Fsp3) is 0.250. The quantitative estimate of drug-likeness (QED) is 0.669. The second kappa shape index (κ2) is 6.53. The fourth-order valence-corrected chi connectivity index (χ4v) is 2.02. The van der Waals surface area contributed by atoms with E-state index in [0.29, 0.717) is 18.2 Å². The number of aryl methyl sites for hydroxylation is 2. The van der Waals surface area contributed by atoms with Gasteiger partial charge in [0, 0.05) is 16.8 Å². The van der Waals surface area contributed by atoms with E-state index < -0.39 is 0 Å². The smallest absolute Gasteiger partial charge is 0.122 e. The first kappa shape index (κ1) is 14.5. The topological polar surface area (TPSA) is 44.5 Å². The molecule has 0 saturated heterocycles. The van der Waals surface area contributed by atoms with E-state index in [4.69, 9.17) is 26.8 Å². The van der Waals surface area contributed by atoms with E-state index in [2.05, 4.69) is 0 Å². The summed E-state index contributed by atoms with van der Waals surface area (Å²) in [7, 11) is 0. The van der Waals surface area contributed by atoms with E-state index in [0.717, 1.165) is 28.3 Å². The Morgan fingerprint density at radius 3 is 2.40 bits per heavy atom. The second-order valence-corrected chi connectivity index (χ2v) is 5.06. The van der Waals surface area contributed by atoms with Gasteiger partial charge in [-0.15, -0.1) is 0 Å². The number of anilines is 1. The predicted octanol–water partition coefficient (Wildman–Crippen LogP) is 4.00. The molecule has 0 bridgehead atoms. The van der Waals surface area contributed by atoms with Crippen molar-refractivity contribution in [3.63, 3.8) is 0 Å². The number of rotatable bonds is 5. The molecule has 0 atom stereocenters. The van der Waals surface area contributed by atoms with Crippen LogP contribution in [0.1, 0.15) is 11.1 Å². The molecule has 2 aromatic carbocycles. The summed E-state index contributed by atoms with van der Waals surface area (Å²) in [6.45, 7) is 4.86. The largest absolute Gasteiger partial charge is 0.490 e. The lowest BCUT2D eigenvalue weighted by Gasteiger charge is -2.11. The SMILES string of the molecule is Cc1ccc(OCCOc2ccc(Cl)cc2C)cc1N. The standard InChI is InChI=1S/C16H18ClNO2/c1-11-3-5-14(10-15(11)18)19-7-8-20-16-6-4-13(17)9-12(16)2/h3-6,9-10H,7-8,18H2,1-2H3. The van der Waals surface area contributed by atoms with E-state index in [1.54, 1.807) is 0 Å². The third-order valence-corrected chi connectivity index (χ3v) is 3.23. The highest BCUT2D eigenvalue weighted by Crippen LogP contribution is 2.22. The average Bonchev–Trinajstić information content (AvgIpc) is 2.40. The zero-order valence-electron chi connectivity index (χ0n) is 11.7. The summed E-state index contributed by atoms with van der Waals surface area (Å²) >= 11 is 5.89. The Balaban J connectivity index is 1.82. The van der Waals surface area contributed by atoms with Gasteiger partial charge in [0.15, 0.2) is 0 Å². The van der Waals surface area contributed by atoms with Crippen LogP contribution in [0, 0.1) is 13.8 Å². The number of halogens is 1. The van der Waals surface area contributed by atoms with Gasteiger partial charge in [-0.05, 0) is 49.2 Å². The highest BCUT2D eigenvalue weighted by atomic mass is 35.5. The van der Waals surface area contributed by atoms with Gasteiger partial charge in [0.05, 0.1) is 0 Å². The van der Waals surface area contributed by atoms with E-state index in [-0.39, 0.29) is 0 Å². The fourth-order valence-electron chi connectivity index (χ4n) is 1.79. The van der Waals surface area contributed by atoms with E-state index in [1.807, 2.05) is 50.2 Å². The summed E-state index contributed by atoms with van der Waals surface area (Å²) in [5.41, 5.74) is 8.62. The molecule has 0 heterocycles. The molecular formula is C16H18ClNO2. The first-order chi connectivity index (χ1) is 9.56. The van der Waals surface area contributed by atoms with Crippen molar-refractivity contribution in [1.82, 2.24) is 0 Å². The van der Waals surface area contributed by atoms with Crippen LogP contribution in [0.5, 0.6) is 11.5 Å². The van der Waals surface area contributed by atoms with Crippen LogP contribution in [0.2, 0.25) is 5.02 Å². The van der Waals surface area contributed by atoms with Gasteiger partial charge in [-0.3, -0.25) is 0 Å². The Hall–Kier alpha value is -1.87. The van der Waals surface area contributed by atoms with Crippen LogP contribution in [-0.2, 0) is 0 Å². The van der Waals surface area contributed by atoms with Crippen molar-refractivity contribution < 1.29 is 9.47 Å². The molecule has 0 saturated carbocycles. The van der Waals surface area contributed by atoms with E-state index >= 15 is 0 Å². The first-order valence-electron chi connectivity index (χ1n) is 6.44. The molecule has 0 spiro atoms. The number of hydrogen-bond acceptors (Lipinski definition) is 3. The number of ether oxygens (including phenoxy) is 2. The van der Waals surface area contributed by atoms with Crippen LogP contribution in [0.4, 0.5) is 5.69 Å². The van der Waals surface area contributed by atoms with Gasteiger partial charge < -0.3 is 15.2 Å². The zero-order valence-corrected chi connectivity index (χ0v) is 12.4. The second-order valence-electron chi connectivity index (χ2n) is 4.63. The molecule has 0 unspecified atom stereocenters. The van der Waals surface area contributed by atoms with E-state index in [9.17, 15) is 0 Å². The minimum Gasteiger partial charge on any atom is -0.490 e. The molecule has 0 aromatic heterocycles. The molecule has 0 amide bonds. The molecule has 0 aliphatic heterocycles. The van der Waals surface area contributed by atoms with Crippen LogP contribution >= 0.6 is 11.6 Å². The van der Waals surface area contributed by atoms with Crippen molar-refractivity contribution in [2.45, 2.75) is 13.8 Å². The van der Waals surface area contributed by atoms with Crippen molar-refractivity contribution in [2.24, 2.45) is 0 Å². The maximum Gasteiger partial charge on any atom is 0.122 e. The summed E-state index contributed by atoms with van der Waals surface area (Å²) in [5, 5.41) is 0.709. The maximum absolute atomic E-state index is 5.89. The Kier molecular flexibility index (Phi) is 4.74. The van der Waals surface area contributed by atoms with Gasteiger partial charge in [-0.1, -0.05) is 17.7 Å². The molecule has 0 aliphatic carbocycles. The van der Waals surface area contributed by atoms with Crippen LogP contribution in [-0.4, -0.2) is 13.2 Å². The molecule has 2 aromatic rings. The monoisotopic (exact) mass is 291 g/mol. The highest BCUT2D eigenvalue weighted by Gasteiger charge is 2.01. The summed E-state index contributed by atoms with van der Waals surface area (Å²) in [4.78, 5) is 0. The summed E-state index contributed by atoms with van der Waals surface area (Å²) in [6, 6.07) is 11.2. The number of nitrogens with two attached hydrogens (primary N) is 1. The van der Waals surface area contributed by atoms with Crippen molar-refractivity contribution in [1.29, 1.82) is 0 Å². The molecule has 0 radical (unpaired) electrons. The van der Waals surface area contributed by atoms with Gasteiger partial charge in [-0.2, -0.15) is 0 Å². The van der Waals surface area contributed by atoms with Gasteiger partial charge in [0.25, 0.3) is 0 Å². The van der Waals surface area contributed by atoms with Crippen molar-refractivity contribution >= 4 is 17.3 Å². The van der Waals surface area contributed by atoms with Crippen molar-refractivity contribution in [3.05, 3.63) is 52.5 Å². The minimum absolute atomic E-state index is 0.463. The van der Waals surface area contributed by atoms with Gasteiger partial charge in [0.1, 0.15) is 24.7 Å². The molecule has 3 nitrogen and oxygen atoms in total. The highest BCUT2D eigenvalue weighted by molar-refractivity contribution is 6.30. The van der Waals surface area contributed by atoms with Crippen molar-refractivity contribution in [3.8, 4) is 11.5 Å². The maximum atomic E-state index is 5.89. The molecule has 106 valence electrons. The molecule has 4 heteroatoms. The number of nitrogen functional groups attached to an aromatic ring is 1. The van der Waals surface area contributed by atoms with Crippen LogP contribution < -0.4 is 15.2 Å². The lowest BCUT2D eigenvalue weighted by atomic mass is 10.2. The molecule has 0 aliphatic rings. The first-order valence-corrected chi connectivity index (χ1v) is 6.82. The molecule has 20 heavy (non-hydrogen) atoms. The van der Waals surface area contributed by atoms with Crippen LogP contribution in [0.3, 0.4) is 0 Å². The number of hydrogen-bond donors (Lipinski definition) is 1. The lowest BCUT2D eigenvalue weighted by Crippen LogP contribution is -2.09. The summed E-state index contributed by atoms with van der Waals surface area (Å²) in [5.74, 6) is 1.57. The molecular weight excluding hydrogens is 274 g/mol. The molecule has 0 fully saturated rings. The predicted molar refractivity (Wildman–Crippen MR) is 82.8 cm³/mol. The van der Waals surface area contributed by atoms with Crippen LogP contribution in [0.25, 0.3) is 0 Å². The van der Waals surface area contributed by atoms with Crippen molar-refractivity contribution in [2.75, 3.05) is 18.9 Å². The van der Waals surface area contributed by atoms with Crippen LogP contribution in [0.15, 0.2) is 36.4 Å². The Morgan fingerprint density at radius 2 is 1.70 bits per heavy atom. The van der Waals surface area contributed by atoms with E-state index in [1.165, 1.54) is 0 Å². The summed E-state index contributed by atoms with van der Waals surface area (Å²) < 4.78 is 11.2. The van der Waals surface area contributed by atoms with Gasteiger partial charge in [-0.25, -0.2) is 0 Å². The van der Waals surface area contributed by atoms with Gasteiger partial charge in [0.2, 0.25) is 0 Å². The minimum atomic E-state index is 0.463. The number of benzene rings is 2. The Bertz CT molecular complexity index is 599. The molecule has 2 N–H and O–H groups in total. The normalized spacial score (nSPS) is 10.3. The zero-order chi connectivity index (χ0) is 14.5. The Labute approximate surface area is 124 Å². The lowest BCUT2D eigenvalue weighted by molar-refractivity contribution is 0.216. The third kappa shape index (κ3) is 3.81. The third-order valence-electron chi connectivity index (χ3n) is 3.00. The summed E-state index contributed by atoms with van der Waals surface area (Å²) in [6.07, 6.45) is 0. The molecule has 2 rings (SSSR count). The Morgan fingerprint density at radius 1 is 0.950 bits per heavy atom. The van der Waals surface area contributed by atoms with Gasteiger partial charge >= 0.3 is 0 Å². The average molecular weight is 292 g/mol.